The largest absolute Gasteiger partial charge is 1.00 e. The van der Waals surface area contributed by atoms with E-state index in [9.17, 15) is 4.79 Å². The second-order valence-electron chi connectivity index (χ2n) is 0.671. The van der Waals surface area contributed by atoms with E-state index in [0.29, 0.717) is 0 Å². The van der Waals surface area contributed by atoms with Crippen molar-refractivity contribution in [1.29, 1.82) is 0 Å². The zero-order chi connectivity index (χ0) is 4.99. The molecule has 3 nitrogen and oxygen atoms in total. The van der Waals surface area contributed by atoms with Gasteiger partial charge in [0.1, 0.15) is 0 Å². The molecule has 0 aromatic carbocycles. The molecular weight excluding hydrogens is 112 g/mol. The van der Waals surface area contributed by atoms with Gasteiger partial charge in [-0.25, -0.2) is 0 Å². The fourth-order valence-corrected chi connectivity index (χ4v) is 0.153. The van der Waals surface area contributed by atoms with Crippen LogP contribution >= 0.6 is 11.8 Å². The molecule has 0 amide bonds. The second kappa shape index (κ2) is 6.32. The minimum Gasteiger partial charge on any atom is -0.566 e. The summed E-state index contributed by atoms with van der Waals surface area (Å²) in [4.78, 5) is 12.2. The zero-order valence-electron chi connectivity index (χ0n) is 3.89. The Balaban J connectivity index is 0. The summed E-state index contributed by atoms with van der Waals surface area (Å²) in [5, 5.41) is 7.74. The smallest absolute Gasteiger partial charge is 0.566 e. The van der Waals surface area contributed by atoms with E-state index in [2.05, 4.69) is 16.6 Å². The van der Waals surface area contributed by atoms with Crippen LogP contribution in [0.25, 0.3) is 4.84 Å². The van der Waals surface area contributed by atoms with Crippen molar-refractivity contribution in [1.82, 2.24) is 0 Å². The number of carbonyl (C=O) groups is 1. The summed E-state index contributed by atoms with van der Waals surface area (Å²) in [5.41, 5.74) is 0. The molecule has 0 aliphatic rings. The zero-order valence-corrected chi connectivity index (χ0v) is 4.64. The number of rotatable bonds is 2. The van der Waals surface area contributed by atoms with Gasteiger partial charge in [-0.05, 0) is 6.54 Å². The topological polar surface area (TPSA) is 51.4 Å². The van der Waals surface area contributed by atoms with Crippen molar-refractivity contribution in [2.24, 2.45) is 0 Å². The molecule has 0 heterocycles. The van der Waals surface area contributed by atoms with Gasteiger partial charge in [0.25, 0.3) is 5.97 Å². The molecule has 0 aromatic rings. The standard InChI is InChI=1S/C2H3ClNO2.Li/c3-4-1-2(5)6;/h1H2,(H,5,6);/q-1;+1. The average molecular weight is 115 g/mol. The summed E-state index contributed by atoms with van der Waals surface area (Å²) in [5.74, 6) is -1.01. The van der Waals surface area contributed by atoms with Crippen LogP contribution in [0.4, 0.5) is 0 Å². The minimum absolute atomic E-state index is 0. The van der Waals surface area contributed by atoms with Crippen LogP contribution < -0.4 is 18.9 Å². The van der Waals surface area contributed by atoms with Gasteiger partial charge in [-0.3, -0.25) is 16.6 Å². The summed E-state index contributed by atoms with van der Waals surface area (Å²) < 4.78 is 0. The van der Waals surface area contributed by atoms with Crippen molar-refractivity contribution in [3.8, 4) is 0 Å². The molecule has 0 atom stereocenters. The Hall–Kier alpha value is 0.317. The first-order valence-corrected chi connectivity index (χ1v) is 1.60. The van der Waals surface area contributed by atoms with Gasteiger partial charge in [-0.15, -0.1) is 0 Å². The van der Waals surface area contributed by atoms with E-state index in [-0.39, 0.29) is 25.4 Å². The Morgan fingerprint density at radius 2 is 2.29 bits per heavy atom. The van der Waals surface area contributed by atoms with Gasteiger partial charge in [0.05, 0.1) is 0 Å². The van der Waals surface area contributed by atoms with Crippen molar-refractivity contribution < 1.29 is 28.8 Å². The summed E-state index contributed by atoms with van der Waals surface area (Å²) in [6.07, 6.45) is 0. The first kappa shape index (κ1) is 10.3. The molecule has 0 radical (unpaired) electrons. The second-order valence-corrected chi connectivity index (χ2v) is 0.910. The Bertz CT molecular complexity index is 59.7. The Kier molecular flexibility index (Phi) is 9.32. The van der Waals surface area contributed by atoms with Gasteiger partial charge in [0, 0.05) is 0 Å². The predicted octanol–water partition coefficient (Wildman–Crippen LogP) is -2.40. The molecule has 0 rings (SSSR count). The number of hydrogen-bond donors (Lipinski definition) is 1. The van der Waals surface area contributed by atoms with E-state index < -0.39 is 5.97 Å². The van der Waals surface area contributed by atoms with Crippen LogP contribution in [0.2, 0.25) is 0 Å². The number of aliphatic carboxylic acids is 1. The van der Waals surface area contributed by atoms with Gasteiger partial charge in [0.2, 0.25) is 0 Å². The van der Waals surface area contributed by atoms with Gasteiger partial charge in [-0.1, -0.05) is 0 Å². The van der Waals surface area contributed by atoms with Crippen molar-refractivity contribution in [3.63, 3.8) is 0 Å². The van der Waals surface area contributed by atoms with Gasteiger partial charge in [-0.2, -0.15) is 0 Å². The molecule has 0 aliphatic carbocycles. The molecule has 5 heteroatoms. The Morgan fingerprint density at radius 3 is 2.29 bits per heavy atom. The van der Waals surface area contributed by atoms with E-state index in [1.165, 1.54) is 0 Å². The summed E-state index contributed by atoms with van der Waals surface area (Å²) in [7, 11) is 0. The van der Waals surface area contributed by atoms with Crippen LogP contribution in [0.5, 0.6) is 0 Å². The average Bonchev–Trinajstić information content (AvgIpc) is 1.35. The first-order chi connectivity index (χ1) is 2.77. The number of carboxylic acids is 1. The van der Waals surface area contributed by atoms with Crippen LogP contribution in [0.1, 0.15) is 0 Å². The molecule has 0 saturated heterocycles. The van der Waals surface area contributed by atoms with Crippen LogP contribution in [0.15, 0.2) is 0 Å². The summed E-state index contributed by atoms with van der Waals surface area (Å²) in [6, 6.07) is 0. The normalized spacial score (nSPS) is 7.00. The van der Waals surface area contributed by atoms with Crippen molar-refractivity contribution in [3.05, 3.63) is 4.84 Å². The molecule has 0 aliphatic heterocycles. The van der Waals surface area contributed by atoms with E-state index in [4.69, 9.17) is 5.11 Å². The number of hydrogen-bond acceptors (Lipinski definition) is 1. The molecular formula is C2H3ClLiNO2. The van der Waals surface area contributed by atoms with Gasteiger partial charge in [0.15, 0.2) is 0 Å². The summed E-state index contributed by atoms with van der Waals surface area (Å²) in [6.45, 7) is -0.318. The molecule has 1 N–H and O–H groups in total. The van der Waals surface area contributed by atoms with Crippen molar-refractivity contribution in [2.75, 3.05) is 6.54 Å². The Labute approximate surface area is 58.3 Å². The van der Waals surface area contributed by atoms with E-state index in [1.807, 2.05) is 0 Å². The van der Waals surface area contributed by atoms with Crippen LogP contribution in [-0.4, -0.2) is 17.6 Å². The van der Waals surface area contributed by atoms with Gasteiger partial charge >= 0.3 is 18.9 Å². The Morgan fingerprint density at radius 1 is 1.86 bits per heavy atom. The maximum absolute atomic E-state index is 9.42. The fraction of sp³-hybridized carbons (Fsp3) is 0.500. The first-order valence-electron chi connectivity index (χ1n) is 1.27. The molecule has 0 aromatic heterocycles. The quantitative estimate of drug-likeness (QED) is 0.408. The fourth-order valence-electron chi connectivity index (χ4n) is 0.0511. The number of nitrogens with zero attached hydrogens (tertiary/aromatic N) is 1. The van der Waals surface area contributed by atoms with Crippen LogP contribution in [-0.2, 0) is 4.79 Å². The third kappa shape index (κ3) is 10.7. The summed E-state index contributed by atoms with van der Waals surface area (Å²) >= 11 is 4.64. The maximum Gasteiger partial charge on any atom is 1.00 e. The van der Waals surface area contributed by atoms with Gasteiger partial charge < -0.3 is 9.94 Å². The number of halogens is 1. The molecule has 0 fully saturated rings. The SMILES string of the molecule is O=C(O)C[N-]Cl.[Li+]. The van der Waals surface area contributed by atoms with E-state index >= 15 is 0 Å². The van der Waals surface area contributed by atoms with Crippen LogP contribution in [0, 0.1) is 0 Å². The molecule has 0 spiro atoms. The van der Waals surface area contributed by atoms with E-state index in [1.54, 1.807) is 0 Å². The molecule has 0 bridgehead atoms. The monoisotopic (exact) mass is 115 g/mol. The maximum atomic E-state index is 9.42. The van der Waals surface area contributed by atoms with Crippen molar-refractivity contribution in [2.45, 2.75) is 0 Å². The molecule has 36 valence electrons. The third-order valence-corrected chi connectivity index (χ3v) is 0.315. The number of carboxylic acid groups (broad SMARTS) is 1. The minimum atomic E-state index is -1.01. The van der Waals surface area contributed by atoms with E-state index in [0.717, 1.165) is 0 Å². The van der Waals surface area contributed by atoms with Crippen molar-refractivity contribution >= 4 is 17.7 Å². The molecule has 0 saturated carbocycles. The van der Waals surface area contributed by atoms with Crippen LogP contribution in [0.3, 0.4) is 0 Å². The third-order valence-electron chi connectivity index (χ3n) is 0.195. The molecule has 7 heavy (non-hydrogen) atoms. The molecule has 0 unspecified atom stereocenters. The predicted molar refractivity (Wildman–Crippen MR) is 21.7 cm³/mol.